The summed E-state index contributed by atoms with van der Waals surface area (Å²) >= 11 is 1.34. The van der Waals surface area contributed by atoms with Gasteiger partial charge in [0.2, 0.25) is 0 Å². The van der Waals surface area contributed by atoms with Gasteiger partial charge in [0.15, 0.2) is 6.61 Å². The molecule has 1 aromatic carbocycles. The molecular formula is C21H24N2O4S. The Balaban J connectivity index is 1.49. The highest BCUT2D eigenvalue weighted by Crippen LogP contribution is 2.23. The van der Waals surface area contributed by atoms with Crippen LogP contribution in [0.1, 0.15) is 52.6 Å². The number of thiophene rings is 1. The van der Waals surface area contributed by atoms with Gasteiger partial charge in [-0.3, -0.25) is 9.59 Å². The van der Waals surface area contributed by atoms with Gasteiger partial charge < -0.3 is 15.4 Å². The molecular weight excluding hydrogens is 376 g/mol. The van der Waals surface area contributed by atoms with E-state index in [1.165, 1.54) is 17.4 Å². The van der Waals surface area contributed by atoms with Gasteiger partial charge in [-0.05, 0) is 61.2 Å². The van der Waals surface area contributed by atoms with Crippen molar-refractivity contribution in [2.24, 2.45) is 5.92 Å². The molecule has 2 aromatic rings. The van der Waals surface area contributed by atoms with Crippen molar-refractivity contribution in [1.82, 2.24) is 5.32 Å². The molecule has 6 nitrogen and oxygen atoms in total. The summed E-state index contributed by atoms with van der Waals surface area (Å²) in [5, 5.41) is 7.50. The SMILES string of the molecule is CC1CCC(NC(=O)COC(=O)c2cccc(NC(=O)c3cccs3)c2)CC1. The van der Waals surface area contributed by atoms with E-state index in [0.29, 0.717) is 16.5 Å². The maximum Gasteiger partial charge on any atom is 0.338 e. The van der Waals surface area contributed by atoms with Gasteiger partial charge in [0.1, 0.15) is 0 Å². The predicted molar refractivity (Wildman–Crippen MR) is 109 cm³/mol. The quantitative estimate of drug-likeness (QED) is 0.722. The van der Waals surface area contributed by atoms with Crippen LogP contribution in [0.3, 0.4) is 0 Å². The van der Waals surface area contributed by atoms with Gasteiger partial charge in [-0.1, -0.05) is 19.1 Å². The Bertz CT molecular complexity index is 827. The first-order chi connectivity index (χ1) is 13.5. The second-order valence-corrected chi connectivity index (χ2v) is 8.06. The molecule has 0 spiro atoms. The Hall–Kier alpha value is -2.67. The van der Waals surface area contributed by atoms with Crippen molar-refractivity contribution in [3.8, 4) is 0 Å². The number of rotatable bonds is 6. The van der Waals surface area contributed by atoms with Crippen molar-refractivity contribution in [3.05, 3.63) is 52.2 Å². The lowest BCUT2D eigenvalue weighted by Gasteiger charge is -2.26. The van der Waals surface area contributed by atoms with Crippen LogP contribution in [0.15, 0.2) is 41.8 Å². The van der Waals surface area contributed by atoms with E-state index in [-0.39, 0.29) is 30.0 Å². The molecule has 2 amide bonds. The third kappa shape index (κ3) is 5.66. The van der Waals surface area contributed by atoms with Crippen LogP contribution in [0.25, 0.3) is 0 Å². The van der Waals surface area contributed by atoms with Crippen LogP contribution in [-0.4, -0.2) is 30.4 Å². The first kappa shape index (κ1) is 20.1. The van der Waals surface area contributed by atoms with Crippen LogP contribution >= 0.6 is 11.3 Å². The lowest BCUT2D eigenvalue weighted by molar-refractivity contribution is -0.125. The summed E-state index contributed by atoms with van der Waals surface area (Å²) in [5.74, 6) is -0.407. The standard InChI is InChI=1S/C21H24N2O4S/c1-14-7-9-16(10-8-14)22-19(24)13-27-21(26)15-4-2-5-17(12-15)23-20(25)18-6-3-11-28-18/h2-6,11-12,14,16H,7-10,13H2,1H3,(H,22,24)(H,23,25). The largest absolute Gasteiger partial charge is 0.452 e. The summed E-state index contributed by atoms with van der Waals surface area (Å²) in [6.45, 7) is 1.91. The fourth-order valence-electron chi connectivity index (χ4n) is 3.21. The van der Waals surface area contributed by atoms with Gasteiger partial charge in [-0.2, -0.15) is 0 Å². The number of carbonyl (C=O) groups is 3. The zero-order valence-electron chi connectivity index (χ0n) is 15.8. The topological polar surface area (TPSA) is 84.5 Å². The van der Waals surface area contributed by atoms with E-state index in [4.69, 9.17) is 4.74 Å². The molecule has 0 bridgehead atoms. The third-order valence-electron chi connectivity index (χ3n) is 4.82. The lowest BCUT2D eigenvalue weighted by atomic mass is 9.87. The maximum absolute atomic E-state index is 12.2. The van der Waals surface area contributed by atoms with Gasteiger partial charge in [-0.25, -0.2) is 4.79 Å². The van der Waals surface area contributed by atoms with Crippen LogP contribution < -0.4 is 10.6 Å². The number of ether oxygens (including phenoxy) is 1. The number of amides is 2. The van der Waals surface area contributed by atoms with Crippen LogP contribution in [0.2, 0.25) is 0 Å². The molecule has 0 unspecified atom stereocenters. The molecule has 3 rings (SSSR count). The number of esters is 1. The van der Waals surface area contributed by atoms with E-state index >= 15 is 0 Å². The van der Waals surface area contributed by atoms with Crippen molar-refractivity contribution in [2.75, 3.05) is 11.9 Å². The van der Waals surface area contributed by atoms with Gasteiger partial charge in [0, 0.05) is 11.7 Å². The number of hydrogen-bond acceptors (Lipinski definition) is 5. The molecule has 28 heavy (non-hydrogen) atoms. The highest BCUT2D eigenvalue weighted by atomic mass is 32.1. The summed E-state index contributed by atoms with van der Waals surface area (Å²) < 4.78 is 5.12. The predicted octanol–water partition coefficient (Wildman–Crippen LogP) is 3.85. The highest BCUT2D eigenvalue weighted by Gasteiger charge is 2.20. The van der Waals surface area contributed by atoms with Gasteiger partial charge in [-0.15, -0.1) is 11.3 Å². The molecule has 1 aliphatic carbocycles. The molecule has 1 fully saturated rings. The maximum atomic E-state index is 12.2. The Morgan fingerprint density at radius 1 is 1.11 bits per heavy atom. The molecule has 7 heteroatoms. The third-order valence-corrected chi connectivity index (χ3v) is 5.69. The molecule has 0 radical (unpaired) electrons. The van der Waals surface area contributed by atoms with E-state index in [0.717, 1.165) is 25.7 Å². The molecule has 1 aliphatic rings. The minimum atomic E-state index is -0.598. The first-order valence-corrected chi connectivity index (χ1v) is 10.3. The first-order valence-electron chi connectivity index (χ1n) is 9.42. The van der Waals surface area contributed by atoms with Crippen LogP contribution in [0, 0.1) is 5.92 Å². The number of hydrogen-bond donors (Lipinski definition) is 2. The zero-order valence-corrected chi connectivity index (χ0v) is 16.6. The van der Waals surface area contributed by atoms with Crippen molar-refractivity contribution >= 4 is 34.8 Å². The fraction of sp³-hybridized carbons (Fsp3) is 0.381. The fourth-order valence-corrected chi connectivity index (χ4v) is 3.83. The summed E-state index contributed by atoms with van der Waals surface area (Å²) in [7, 11) is 0. The average Bonchev–Trinajstić information content (AvgIpc) is 3.23. The van der Waals surface area contributed by atoms with Crippen LogP contribution in [0.4, 0.5) is 5.69 Å². The van der Waals surface area contributed by atoms with Crippen LogP contribution in [-0.2, 0) is 9.53 Å². The molecule has 0 aliphatic heterocycles. The summed E-state index contributed by atoms with van der Waals surface area (Å²) in [6.07, 6.45) is 4.14. The Labute approximate surface area is 168 Å². The summed E-state index contributed by atoms with van der Waals surface area (Å²) in [6, 6.07) is 10.2. The van der Waals surface area contributed by atoms with Gasteiger partial charge in [0.05, 0.1) is 10.4 Å². The van der Waals surface area contributed by atoms with E-state index < -0.39 is 5.97 Å². The number of nitrogens with one attached hydrogen (secondary N) is 2. The monoisotopic (exact) mass is 400 g/mol. The van der Waals surface area contributed by atoms with Gasteiger partial charge >= 0.3 is 5.97 Å². The average molecular weight is 401 g/mol. The number of anilines is 1. The molecule has 1 heterocycles. The van der Waals surface area contributed by atoms with E-state index in [2.05, 4.69) is 17.6 Å². The highest BCUT2D eigenvalue weighted by molar-refractivity contribution is 7.12. The molecule has 1 saturated carbocycles. The Morgan fingerprint density at radius 2 is 1.89 bits per heavy atom. The minimum Gasteiger partial charge on any atom is -0.452 e. The molecule has 148 valence electrons. The molecule has 0 saturated heterocycles. The van der Waals surface area contributed by atoms with Crippen molar-refractivity contribution < 1.29 is 19.1 Å². The number of carbonyl (C=O) groups excluding carboxylic acids is 3. The van der Waals surface area contributed by atoms with E-state index in [1.54, 1.807) is 30.3 Å². The smallest absolute Gasteiger partial charge is 0.338 e. The molecule has 1 aromatic heterocycles. The Morgan fingerprint density at radius 3 is 2.61 bits per heavy atom. The lowest BCUT2D eigenvalue weighted by Crippen LogP contribution is -2.39. The Kier molecular flexibility index (Phi) is 6.81. The second-order valence-electron chi connectivity index (χ2n) is 7.11. The van der Waals surface area contributed by atoms with Gasteiger partial charge in [0.25, 0.3) is 11.8 Å². The second kappa shape index (κ2) is 9.50. The van der Waals surface area contributed by atoms with Crippen molar-refractivity contribution in [2.45, 2.75) is 38.6 Å². The van der Waals surface area contributed by atoms with E-state index in [9.17, 15) is 14.4 Å². The number of benzene rings is 1. The minimum absolute atomic E-state index is 0.165. The molecule has 2 N–H and O–H groups in total. The van der Waals surface area contributed by atoms with Crippen molar-refractivity contribution in [1.29, 1.82) is 0 Å². The van der Waals surface area contributed by atoms with Crippen molar-refractivity contribution in [3.63, 3.8) is 0 Å². The summed E-state index contributed by atoms with van der Waals surface area (Å²) in [5.41, 5.74) is 0.775. The normalized spacial score (nSPS) is 18.9. The van der Waals surface area contributed by atoms with E-state index in [1.807, 2.05) is 5.38 Å². The van der Waals surface area contributed by atoms with Crippen LogP contribution in [0.5, 0.6) is 0 Å². The molecule has 0 atom stereocenters. The zero-order chi connectivity index (χ0) is 19.9. The summed E-state index contributed by atoms with van der Waals surface area (Å²) in [4.78, 5) is 37.0.